The molecular formula is C20H23FN2O3. The maximum Gasteiger partial charge on any atom is 0.263 e. The number of carbonyl (C=O) groups excluding carboxylic acids is 1. The number of amides is 1. The topological polar surface area (TPSA) is 60.5 Å². The zero-order chi connectivity index (χ0) is 18.2. The second kappa shape index (κ2) is 9.17. The van der Waals surface area contributed by atoms with Crippen molar-refractivity contribution in [2.24, 2.45) is 5.92 Å². The van der Waals surface area contributed by atoms with E-state index in [-0.39, 0.29) is 12.5 Å². The molecule has 1 N–H and O–H groups in total. The molecule has 0 unspecified atom stereocenters. The van der Waals surface area contributed by atoms with Crippen molar-refractivity contribution in [2.75, 3.05) is 18.5 Å². The van der Waals surface area contributed by atoms with E-state index in [1.54, 1.807) is 24.4 Å². The Hall–Kier alpha value is -2.63. The first-order valence-electron chi connectivity index (χ1n) is 8.97. The maximum atomic E-state index is 13.1. The van der Waals surface area contributed by atoms with Crippen LogP contribution < -0.4 is 14.8 Å². The summed E-state index contributed by atoms with van der Waals surface area (Å²) < 4.78 is 24.3. The summed E-state index contributed by atoms with van der Waals surface area (Å²) in [6.45, 7) is 0.399. The lowest BCUT2D eigenvalue weighted by Crippen LogP contribution is -2.22. The molecule has 138 valence electrons. The molecule has 26 heavy (non-hydrogen) atoms. The average molecular weight is 358 g/mol. The molecule has 1 aromatic heterocycles. The van der Waals surface area contributed by atoms with Crippen LogP contribution in [0.5, 0.6) is 11.5 Å². The summed E-state index contributed by atoms with van der Waals surface area (Å²) in [5.74, 6) is 0.994. The van der Waals surface area contributed by atoms with Gasteiger partial charge in [-0.2, -0.15) is 0 Å². The van der Waals surface area contributed by atoms with Crippen LogP contribution in [-0.4, -0.2) is 24.1 Å². The molecule has 1 saturated carbocycles. The van der Waals surface area contributed by atoms with Gasteiger partial charge in [-0.3, -0.25) is 4.79 Å². The molecule has 1 heterocycles. The van der Waals surface area contributed by atoms with Crippen LogP contribution in [0.15, 0.2) is 42.6 Å². The predicted octanol–water partition coefficient (Wildman–Crippen LogP) is 4.20. The number of nitrogens with one attached hydrogen (secondary N) is 1. The molecule has 1 fully saturated rings. The number of halogens is 1. The van der Waals surface area contributed by atoms with E-state index in [1.807, 2.05) is 0 Å². The van der Waals surface area contributed by atoms with Gasteiger partial charge in [0.05, 0.1) is 6.61 Å². The number of ether oxygens (including phenoxy) is 2. The van der Waals surface area contributed by atoms with Gasteiger partial charge in [0.1, 0.15) is 11.6 Å². The van der Waals surface area contributed by atoms with Crippen molar-refractivity contribution in [3.8, 4) is 11.5 Å². The van der Waals surface area contributed by atoms with E-state index in [4.69, 9.17) is 9.47 Å². The molecule has 3 rings (SSSR count). The third-order valence-corrected chi connectivity index (χ3v) is 4.39. The molecule has 0 radical (unpaired) electrons. The smallest absolute Gasteiger partial charge is 0.263 e. The number of aromatic nitrogens is 1. The Balaban J connectivity index is 1.52. The molecule has 1 amide bonds. The van der Waals surface area contributed by atoms with Gasteiger partial charge in [0.25, 0.3) is 5.91 Å². The summed E-state index contributed by atoms with van der Waals surface area (Å²) in [5, 5.41) is 2.69. The Morgan fingerprint density at radius 1 is 1.15 bits per heavy atom. The number of hydrogen-bond donors (Lipinski definition) is 1. The molecule has 6 heteroatoms. The third kappa shape index (κ3) is 5.44. The van der Waals surface area contributed by atoms with Crippen molar-refractivity contribution < 1.29 is 18.7 Å². The van der Waals surface area contributed by atoms with Crippen LogP contribution in [-0.2, 0) is 4.79 Å². The maximum absolute atomic E-state index is 13.1. The minimum atomic E-state index is -0.411. The fourth-order valence-electron chi connectivity index (χ4n) is 3.04. The van der Waals surface area contributed by atoms with Crippen LogP contribution in [0, 0.1) is 11.7 Å². The number of carbonyl (C=O) groups is 1. The highest BCUT2D eigenvalue weighted by Gasteiger charge is 2.16. The fourth-order valence-corrected chi connectivity index (χ4v) is 3.04. The summed E-state index contributed by atoms with van der Waals surface area (Å²) in [6, 6.07) is 9.23. The van der Waals surface area contributed by atoms with Gasteiger partial charge in [-0.15, -0.1) is 0 Å². The van der Waals surface area contributed by atoms with Crippen LogP contribution in [0.3, 0.4) is 0 Å². The van der Waals surface area contributed by atoms with E-state index in [9.17, 15) is 9.18 Å². The van der Waals surface area contributed by atoms with Crippen molar-refractivity contribution in [3.05, 3.63) is 48.4 Å². The molecular weight excluding hydrogens is 335 g/mol. The highest BCUT2D eigenvalue weighted by Crippen LogP contribution is 2.27. The Labute approximate surface area is 152 Å². The van der Waals surface area contributed by atoms with Crippen molar-refractivity contribution in [2.45, 2.75) is 32.1 Å². The fraction of sp³-hybridized carbons (Fsp3) is 0.400. The first kappa shape index (κ1) is 18.2. The molecule has 1 aliphatic rings. The van der Waals surface area contributed by atoms with Crippen molar-refractivity contribution in [1.29, 1.82) is 0 Å². The molecule has 2 aromatic rings. The number of anilines is 1. The lowest BCUT2D eigenvalue weighted by Gasteiger charge is -2.22. The monoisotopic (exact) mass is 358 g/mol. The Morgan fingerprint density at radius 3 is 2.81 bits per heavy atom. The van der Waals surface area contributed by atoms with Crippen LogP contribution in [0.4, 0.5) is 10.2 Å². The van der Waals surface area contributed by atoms with Gasteiger partial charge in [0.2, 0.25) is 0 Å². The van der Waals surface area contributed by atoms with Gasteiger partial charge >= 0.3 is 0 Å². The SMILES string of the molecule is O=C(COc1cccc(F)c1)Nc1ncccc1OCC1CCCCC1. The minimum absolute atomic E-state index is 0.234. The van der Waals surface area contributed by atoms with Gasteiger partial charge in [-0.1, -0.05) is 25.3 Å². The summed E-state index contributed by atoms with van der Waals surface area (Å²) in [7, 11) is 0. The Kier molecular flexibility index (Phi) is 6.41. The molecule has 1 aliphatic carbocycles. The van der Waals surface area contributed by atoms with E-state index in [2.05, 4.69) is 10.3 Å². The van der Waals surface area contributed by atoms with Crippen molar-refractivity contribution in [1.82, 2.24) is 4.98 Å². The predicted molar refractivity (Wildman–Crippen MR) is 96.8 cm³/mol. The average Bonchev–Trinajstić information content (AvgIpc) is 2.67. The quantitative estimate of drug-likeness (QED) is 0.806. The van der Waals surface area contributed by atoms with Crippen molar-refractivity contribution >= 4 is 11.7 Å². The van der Waals surface area contributed by atoms with E-state index in [0.717, 1.165) is 0 Å². The van der Waals surface area contributed by atoms with Gasteiger partial charge in [-0.25, -0.2) is 9.37 Å². The highest BCUT2D eigenvalue weighted by molar-refractivity contribution is 5.92. The number of benzene rings is 1. The second-order valence-electron chi connectivity index (χ2n) is 6.46. The first-order valence-corrected chi connectivity index (χ1v) is 8.97. The molecule has 1 aromatic carbocycles. The molecule has 0 spiro atoms. The molecule has 0 atom stereocenters. The number of nitrogens with zero attached hydrogens (tertiary/aromatic N) is 1. The standard InChI is InChI=1S/C20H23FN2O3/c21-16-8-4-9-17(12-16)25-14-19(24)23-20-18(10-5-11-22-20)26-13-15-6-2-1-3-7-15/h4-5,8-12,15H,1-3,6-7,13-14H2,(H,22,23,24). The zero-order valence-electron chi connectivity index (χ0n) is 14.6. The number of hydrogen-bond acceptors (Lipinski definition) is 4. The summed E-state index contributed by atoms with van der Waals surface area (Å²) >= 11 is 0. The highest BCUT2D eigenvalue weighted by atomic mass is 19.1. The van der Waals surface area contributed by atoms with E-state index in [1.165, 1.54) is 50.3 Å². The zero-order valence-corrected chi connectivity index (χ0v) is 14.6. The Bertz CT molecular complexity index is 733. The number of rotatable bonds is 7. The number of pyridine rings is 1. The normalized spacial score (nSPS) is 14.7. The van der Waals surface area contributed by atoms with Crippen molar-refractivity contribution in [3.63, 3.8) is 0 Å². The van der Waals surface area contributed by atoms with Gasteiger partial charge < -0.3 is 14.8 Å². The lowest BCUT2D eigenvalue weighted by molar-refractivity contribution is -0.118. The van der Waals surface area contributed by atoms with Crippen LogP contribution >= 0.6 is 0 Å². The minimum Gasteiger partial charge on any atom is -0.489 e. The summed E-state index contributed by atoms with van der Waals surface area (Å²) in [6.07, 6.45) is 7.77. The molecule has 0 bridgehead atoms. The van der Waals surface area contributed by atoms with E-state index in [0.29, 0.717) is 29.8 Å². The molecule has 5 nitrogen and oxygen atoms in total. The Morgan fingerprint density at radius 2 is 2.00 bits per heavy atom. The van der Waals surface area contributed by atoms with Gasteiger partial charge in [-0.05, 0) is 43.0 Å². The van der Waals surface area contributed by atoms with E-state index < -0.39 is 5.82 Å². The summed E-state index contributed by atoms with van der Waals surface area (Å²) in [5.41, 5.74) is 0. The molecule has 0 saturated heterocycles. The van der Waals surface area contributed by atoms with Gasteiger partial charge in [0, 0.05) is 12.3 Å². The summed E-state index contributed by atoms with van der Waals surface area (Å²) in [4.78, 5) is 16.3. The van der Waals surface area contributed by atoms with Gasteiger partial charge in [0.15, 0.2) is 18.2 Å². The van der Waals surface area contributed by atoms with E-state index >= 15 is 0 Å². The largest absolute Gasteiger partial charge is 0.489 e. The lowest BCUT2D eigenvalue weighted by atomic mass is 9.90. The third-order valence-electron chi connectivity index (χ3n) is 4.39. The molecule has 0 aliphatic heterocycles. The second-order valence-corrected chi connectivity index (χ2v) is 6.46. The first-order chi connectivity index (χ1) is 12.7. The van der Waals surface area contributed by atoms with Crippen LogP contribution in [0.25, 0.3) is 0 Å². The van der Waals surface area contributed by atoms with Crippen LogP contribution in [0.2, 0.25) is 0 Å². The van der Waals surface area contributed by atoms with Crippen LogP contribution in [0.1, 0.15) is 32.1 Å².